The number of nitrogens with one attached hydrogen (secondary N) is 3. The lowest BCUT2D eigenvalue weighted by molar-refractivity contribution is -0.138. The van der Waals surface area contributed by atoms with Crippen molar-refractivity contribution in [1.82, 2.24) is 24.5 Å². The fourth-order valence-corrected chi connectivity index (χ4v) is 8.23. The van der Waals surface area contributed by atoms with Crippen LogP contribution < -0.4 is 10.6 Å². The van der Waals surface area contributed by atoms with Gasteiger partial charge in [-0.25, -0.2) is 27.3 Å². The number of piperidine rings is 1. The van der Waals surface area contributed by atoms with Gasteiger partial charge in [0.05, 0.1) is 31.3 Å². The predicted octanol–water partition coefficient (Wildman–Crippen LogP) is 4.28. The summed E-state index contributed by atoms with van der Waals surface area (Å²) in [5, 5.41) is 14.3. The van der Waals surface area contributed by atoms with Crippen LogP contribution in [0, 0.1) is 23.7 Å². The number of nitrogens with zero attached hydrogens (tertiary/aromatic N) is 3. The van der Waals surface area contributed by atoms with E-state index in [0.29, 0.717) is 44.1 Å². The highest BCUT2D eigenvalue weighted by atomic mass is 32.2. The first-order valence-electron chi connectivity index (χ1n) is 15.7. The molecular weight excluding hydrogens is 600 g/mol. The number of carboxylic acid groups (broad SMARTS) is 1. The minimum Gasteiger partial charge on any atom is -0.465 e. The van der Waals surface area contributed by atoms with Gasteiger partial charge >= 0.3 is 12.2 Å². The van der Waals surface area contributed by atoms with Crippen LogP contribution in [0.4, 0.5) is 15.3 Å². The maximum Gasteiger partial charge on any atom is 0.411 e. The minimum absolute atomic E-state index is 0.115. The predicted molar refractivity (Wildman–Crippen MR) is 168 cm³/mol. The van der Waals surface area contributed by atoms with Crippen molar-refractivity contribution in [2.24, 2.45) is 23.7 Å². The van der Waals surface area contributed by atoms with E-state index < -0.39 is 22.2 Å². The highest BCUT2D eigenvalue weighted by Crippen LogP contribution is 2.43. The number of amides is 3. The summed E-state index contributed by atoms with van der Waals surface area (Å²) in [7, 11) is -1.92. The van der Waals surface area contributed by atoms with Gasteiger partial charge in [0.15, 0.2) is 0 Å². The monoisotopic (exact) mass is 644 g/mol. The summed E-state index contributed by atoms with van der Waals surface area (Å²) in [4.78, 5) is 47.0. The fraction of sp³-hybridized carbons (Fsp3) is 0.613. The van der Waals surface area contributed by atoms with E-state index in [0.717, 1.165) is 49.2 Å². The first kappa shape index (κ1) is 32.7. The third-order valence-corrected chi connectivity index (χ3v) is 11.3. The number of hydrogen-bond donors (Lipinski definition) is 4. The molecule has 2 saturated heterocycles. The van der Waals surface area contributed by atoms with E-state index in [1.54, 1.807) is 22.6 Å². The number of rotatable bonds is 8. The molecule has 3 heterocycles. The van der Waals surface area contributed by atoms with E-state index in [2.05, 4.69) is 20.4 Å². The number of anilines is 1. The molecule has 3 aliphatic rings. The van der Waals surface area contributed by atoms with Gasteiger partial charge in [-0.1, -0.05) is 12.1 Å². The lowest BCUT2D eigenvalue weighted by atomic mass is 9.78. The summed E-state index contributed by atoms with van der Waals surface area (Å²) >= 11 is 0. The molecule has 45 heavy (non-hydrogen) atoms. The Balaban J connectivity index is 1.31. The first-order valence-corrected chi connectivity index (χ1v) is 17.5. The van der Waals surface area contributed by atoms with Crippen LogP contribution in [0.15, 0.2) is 30.5 Å². The molecule has 14 heteroatoms. The van der Waals surface area contributed by atoms with Gasteiger partial charge < -0.3 is 25.0 Å². The molecule has 0 unspecified atom stereocenters. The number of H-pyrrole nitrogens is 1. The second kappa shape index (κ2) is 13.8. The van der Waals surface area contributed by atoms with Crippen molar-refractivity contribution in [3.05, 3.63) is 36.3 Å². The van der Waals surface area contributed by atoms with Crippen LogP contribution in [0.3, 0.4) is 0 Å². The lowest BCUT2D eigenvalue weighted by Gasteiger charge is -2.35. The number of methoxy groups -OCH3 is 1. The van der Waals surface area contributed by atoms with E-state index in [4.69, 9.17) is 10.1 Å². The second-order valence-electron chi connectivity index (χ2n) is 12.7. The molecule has 1 aromatic carbocycles. The van der Waals surface area contributed by atoms with E-state index in [1.165, 1.54) is 13.4 Å². The molecule has 0 spiro atoms. The molecule has 4 N–H and O–H groups in total. The maximum absolute atomic E-state index is 14.1. The summed E-state index contributed by atoms with van der Waals surface area (Å²) in [5.74, 6) is 1.45. The molecule has 3 amide bonds. The van der Waals surface area contributed by atoms with Gasteiger partial charge in [0, 0.05) is 37.3 Å². The highest BCUT2D eigenvalue weighted by molar-refractivity contribution is 7.88. The van der Waals surface area contributed by atoms with Crippen LogP contribution in [0.25, 0.3) is 11.3 Å². The van der Waals surface area contributed by atoms with E-state index >= 15 is 0 Å². The van der Waals surface area contributed by atoms with Crippen LogP contribution in [0.1, 0.15) is 63.7 Å². The average molecular weight is 645 g/mol. The molecule has 13 nitrogen and oxygen atoms in total. The standard InChI is InChI=1S/C31H44N6O7S/c1-19(33-30(39)40)20-4-6-23(7-5-20)29(38)37-18-24(21-12-14-36(15-13-21)45(3,42)43)16-27(37)28-32-17-26(35-28)22-8-10-25(11-9-22)34-31(41)44-2/h8-11,17,19-21,23-24,27,33H,4-7,12-16,18H2,1-3H3,(H,32,35)(H,34,41)(H,39,40)/t19-,20?,23?,24-,27-/m0/s1. The van der Waals surface area contributed by atoms with Crippen LogP contribution in [0.5, 0.6) is 0 Å². The van der Waals surface area contributed by atoms with Crippen molar-refractivity contribution in [2.45, 2.75) is 64.0 Å². The molecule has 2 aliphatic heterocycles. The number of carbonyl (C=O) groups is 3. The molecule has 1 aromatic heterocycles. The Morgan fingerprint density at radius 3 is 2.31 bits per heavy atom. The van der Waals surface area contributed by atoms with Gasteiger partial charge in [-0.3, -0.25) is 10.1 Å². The number of carbonyl (C=O) groups excluding carboxylic acids is 2. The number of sulfonamides is 1. The van der Waals surface area contributed by atoms with Crippen molar-refractivity contribution in [2.75, 3.05) is 38.3 Å². The van der Waals surface area contributed by atoms with Gasteiger partial charge in [0.1, 0.15) is 5.82 Å². The number of aromatic amines is 1. The molecule has 246 valence electrons. The number of aromatic nitrogens is 2. The van der Waals surface area contributed by atoms with Crippen LogP contribution in [0.2, 0.25) is 0 Å². The molecule has 2 aromatic rings. The quantitative estimate of drug-likeness (QED) is 0.329. The molecule has 5 rings (SSSR count). The number of benzene rings is 1. The summed E-state index contributed by atoms with van der Waals surface area (Å²) in [5.41, 5.74) is 2.28. The van der Waals surface area contributed by atoms with Crippen LogP contribution in [-0.2, 0) is 19.6 Å². The molecule has 3 fully saturated rings. The SMILES string of the molecule is COC(=O)Nc1ccc(-c2cnc([C@@H]3C[C@H](C4CCN(S(C)(=O)=O)CC4)CN3C(=O)C3CCC([C@H](C)NC(=O)O)CC3)[nH]2)cc1. The summed E-state index contributed by atoms with van der Waals surface area (Å²) in [6, 6.07) is 6.91. The summed E-state index contributed by atoms with van der Waals surface area (Å²) in [6.07, 6.45) is 6.73. The number of hydrogen-bond acceptors (Lipinski definition) is 7. The second-order valence-corrected chi connectivity index (χ2v) is 14.7. The summed E-state index contributed by atoms with van der Waals surface area (Å²) < 4.78 is 30.4. The van der Waals surface area contributed by atoms with Gasteiger partial charge in [-0.2, -0.15) is 0 Å². The Morgan fingerprint density at radius 1 is 1.04 bits per heavy atom. The highest BCUT2D eigenvalue weighted by Gasteiger charge is 2.44. The number of likely N-dealkylation sites (tertiary alicyclic amines) is 1. The molecule has 1 saturated carbocycles. The topological polar surface area (TPSA) is 174 Å². The Bertz CT molecular complexity index is 1460. The zero-order valence-corrected chi connectivity index (χ0v) is 26.9. The molecule has 1 aliphatic carbocycles. The minimum atomic E-state index is -3.23. The van der Waals surface area contributed by atoms with Crippen molar-refractivity contribution < 1.29 is 32.6 Å². The van der Waals surface area contributed by atoms with Gasteiger partial charge in [0.2, 0.25) is 15.9 Å². The van der Waals surface area contributed by atoms with Crippen molar-refractivity contribution in [3.8, 4) is 11.3 Å². The normalized spacial score (nSPS) is 25.4. The summed E-state index contributed by atoms with van der Waals surface area (Å²) in [6.45, 7) is 3.48. The van der Waals surface area contributed by atoms with E-state index in [1.807, 2.05) is 24.0 Å². The molecule has 0 radical (unpaired) electrons. The maximum atomic E-state index is 14.1. The Morgan fingerprint density at radius 2 is 1.71 bits per heavy atom. The third-order valence-electron chi connectivity index (χ3n) is 9.97. The first-order chi connectivity index (χ1) is 21.4. The van der Waals surface area contributed by atoms with Crippen molar-refractivity contribution in [1.29, 1.82) is 0 Å². The van der Waals surface area contributed by atoms with Crippen molar-refractivity contribution >= 4 is 33.8 Å². The van der Waals surface area contributed by atoms with Gasteiger partial charge in [0.25, 0.3) is 0 Å². The van der Waals surface area contributed by atoms with E-state index in [-0.39, 0.29) is 35.7 Å². The Kier molecular flexibility index (Phi) is 10.0. The smallest absolute Gasteiger partial charge is 0.411 e. The zero-order chi connectivity index (χ0) is 32.3. The number of ether oxygens (including phenoxy) is 1. The molecule has 3 atom stereocenters. The molecular formula is C31H44N6O7S. The Labute approximate surface area is 264 Å². The molecule has 0 bridgehead atoms. The number of imidazole rings is 1. The van der Waals surface area contributed by atoms with E-state index in [9.17, 15) is 22.8 Å². The fourth-order valence-electron chi connectivity index (χ4n) is 7.36. The van der Waals surface area contributed by atoms with Crippen molar-refractivity contribution in [3.63, 3.8) is 0 Å². The zero-order valence-electron chi connectivity index (χ0n) is 26.1. The average Bonchev–Trinajstić information content (AvgIpc) is 3.69. The third kappa shape index (κ3) is 7.78. The van der Waals surface area contributed by atoms with Gasteiger partial charge in [-0.05, 0) is 87.3 Å². The Hall–Kier alpha value is -3.65. The van der Waals surface area contributed by atoms with Crippen LogP contribution >= 0.6 is 0 Å². The largest absolute Gasteiger partial charge is 0.465 e. The lowest BCUT2D eigenvalue weighted by Crippen LogP contribution is -2.42. The van der Waals surface area contributed by atoms with Gasteiger partial charge in [-0.15, -0.1) is 0 Å². The van der Waals surface area contributed by atoms with Crippen LogP contribution in [-0.4, -0.2) is 89.8 Å².